The highest BCUT2D eigenvalue weighted by atomic mass is 32.2. The number of imide groups is 1. The summed E-state index contributed by atoms with van der Waals surface area (Å²) in [5, 5.41) is 25.2. The summed E-state index contributed by atoms with van der Waals surface area (Å²) in [7, 11) is 0. The molecule has 5 aliphatic rings. The Kier molecular flexibility index (Phi) is 12.0. The van der Waals surface area contributed by atoms with Crippen LogP contribution >= 0.6 is 11.8 Å². The Morgan fingerprint density at radius 3 is 2.51 bits per heavy atom. The average molecular weight is 672 g/mol. The van der Waals surface area contributed by atoms with Crippen molar-refractivity contribution in [2.24, 2.45) is 39.6 Å². The lowest BCUT2D eigenvalue weighted by atomic mass is 9.46. The summed E-state index contributed by atoms with van der Waals surface area (Å²) in [6.45, 7) is 14.5. The van der Waals surface area contributed by atoms with Gasteiger partial charge in [-0.25, -0.2) is 5.43 Å². The van der Waals surface area contributed by atoms with Crippen LogP contribution in [0.2, 0.25) is 0 Å². The van der Waals surface area contributed by atoms with Crippen molar-refractivity contribution >= 4 is 41.0 Å². The Labute approximate surface area is 285 Å². The van der Waals surface area contributed by atoms with Crippen LogP contribution in [0.15, 0.2) is 28.9 Å². The molecule has 0 aromatic heterocycles. The zero-order valence-electron chi connectivity index (χ0n) is 29.5. The average Bonchev–Trinajstić information content (AvgIpc) is 3.49. The first-order chi connectivity index (χ1) is 22.2. The summed E-state index contributed by atoms with van der Waals surface area (Å²) < 4.78 is -0.0819. The zero-order valence-corrected chi connectivity index (χ0v) is 30.3. The van der Waals surface area contributed by atoms with Gasteiger partial charge in [0.15, 0.2) is 5.78 Å². The Morgan fingerprint density at radius 2 is 1.83 bits per heavy atom. The summed E-state index contributed by atoms with van der Waals surface area (Å²) in [6, 6.07) is 0. The summed E-state index contributed by atoms with van der Waals surface area (Å²) in [5.74, 6) is 0.0862. The number of carbonyl (C=O) groups excluding carboxylic acids is 4. The Bertz CT molecular complexity index is 1300. The molecule has 262 valence electrons. The van der Waals surface area contributed by atoms with E-state index in [2.05, 4.69) is 36.5 Å². The number of nitrogens with one attached hydrogen (secondary N) is 1. The summed E-state index contributed by atoms with van der Waals surface area (Å²) in [4.78, 5) is 51.5. The van der Waals surface area contributed by atoms with E-state index in [1.54, 1.807) is 11.8 Å². The predicted molar refractivity (Wildman–Crippen MR) is 186 cm³/mol. The molecule has 3 saturated carbocycles. The highest BCUT2D eigenvalue weighted by molar-refractivity contribution is 8.01. The predicted octanol–water partition coefficient (Wildman–Crippen LogP) is 5.59. The van der Waals surface area contributed by atoms with E-state index in [4.69, 9.17) is 0 Å². The molecule has 4 fully saturated rings. The Balaban J connectivity index is 0.00000245. The molecule has 4 aliphatic carbocycles. The van der Waals surface area contributed by atoms with Crippen molar-refractivity contribution < 1.29 is 29.4 Å². The van der Waals surface area contributed by atoms with Crippen LogP contribution in [0.4, 0.5) is 0 Å². The number of hydrazone groups is 1. The van der Waals surface area contributed by atoms with Crippen LogP contribution in [0, 0.1) is 34.5 Å². The molecule has 1 heterocycles. The minimum Gasteiger partial charge on any atom is -0.393 e. The molecule has 0 radical (unpaired) electrons. The molecular weight excluding hydrogens is 614 g/mol. The number of Topliss-reactive ketones (excluding diaryl/α,β-unsaturated/α-hetero) is 1. The highest BCUT2D eigenvalue weighted by Gasteiger charge is 2.62. The topological polar surface area (TPSA) is 136 Å². The molecule has 10 heteroatoms. The van der Waals surface area contributed by atoms with Crippen molar-refractivity contribution in [1.82, 2.24) is 10.3 Å². The molecule has 3 N–H and O–H groups in total. The number of likely N-dealkylation sites (tertiary alicyclic amines) is 1. The maximum absolute atomic E-state index is 12.7. The van der Waals surface area contributed by atoms with Gasteiger partial charge in [0.25, 0.3) is 0 Å². The molecular formula is C37H57N3O6S. The fourth-order valence-electron chi connectivity index (χ4n) is 9.37. The van der Waals surface area contributed by atoms with E-state index in [0.29, 0.717) is 49.8 Å². The summed E-state index contributed by atoms with van der Waals surface area (Å²) in [5.41, 5.74) is 4.01. The number of hydrogen-bond acceptors (Lipinski definition) is 8. The number of fused-ring (bicyclic) bond motifs is 5. The normalized spacial score (nSPS) is 35.5. The number of aliphatic hydroxyl groups excluding tert-OH is 2. The first-order valence-corrected chi connectivity index (χ1v) is 18.7. The van der Waals surface area contributed by atoms with Crippen LogP contribution < -0.4 is 5.43 Å². The van der Waals surface area contributed by atoms with Crippen molar-refractivity contribution in [3.8, 4) is 0 Å². The molecule has 9 nitrogen and oxygen atoms in total. The number of thioether (sulfide) groups is 1. The fourth-order valence-corrected chi connectivity index (χ4v) is 10.7. The number of rotatable bonds is 10. The van der Waals surface area contributed by atoms with Gasteiger partial charge in [-0.1, -0.05) is 66.5 Å². The van der Waals surface area contributed by atoms with Gasteiger partial charge in [0.05, 0.1) is 17.1 Å². The van der Waals surface area contributed by atoms with E-state index in [1.807, 2.05) is 40.7 Å². The van der Waals surface area contributed by atoms with E-state index < -0.39 is 12.7 Å². The zero-order chi connectivity index (χ0) is 34.7. The van der Waals surface area contributed by atoms with Crippen LogP contribution in [-0.2, 0) is 19.2 Å². The molecule has 3 amide bonds. The van der Waals surface area contributed by atoms with Gasteiger partial charge in [-0.05, 0) is 74.3 Å². The second-order valence-corrected chi connectivity index (χ2v) is 17.4. The molecule has 0 aromatic carbocycles. The Morgan fingerprint density at radius 1 is 1.11 bits per heavy atom. The third-order valence-corrected chi connectivity index (χ3v) is 12.7. The van der Waals surface area contributed by atoms with Crippen molar-refractivity contribution in [1.29, 1.82) is 0 Å². The maximum Gasteiger partial charge on any atom is 0.242 e. The number of aliphatic hydroxyl groups is 2. The standard InChI is InChI=1S/C35H51N3O6S.C2H6/c1-33(2,3)45-28-18-30(43)38(32(28)44)16-8-6-7-9-29(42)37-36-22-14-15-34(4)21(17-22)10-11-23-24-12-13-25(27(41)20-39)35(24,5)19-26(40)31(23)34;1-2/h14-15,17,23-26,28,31,39-40H,6-13,16,18-20H2,1-5H3,(H,37,42);1-2H3. The quantitative estimate of drug-likeness (QED) is 0.157. The third-order valence-electron chi connectivity index (χ3n) is 11.3. The largest absolute Gasteiger partial charge is 0.393 e. The molecule has 47 heavy (non-hydrogen) atoms. The molecule has 1 aliphatic heterocycles. The van der Waals surface area contributed by atoms with Crippen LogP contribution in [-0.4, -0.2) is 73.6 Å². The van der Waals surface area contributed by atoms with Crippen LogP contribution in [0.1, 0.15) is 113 Å². The van der Waals surface area contributed by atoms with Crippen LogP contribution in [0.3, 0.4) is 0 Å². The van der Waals surface area contributed by atoms with Crippen LogP contribution in [0.5, 0.6) is 0 Å². The highest BCUT2D eigenvalue weighted by Crippen LogP contribution is 2.66. The number of carbonyl (C=O) groups is 4. The monoisotopic (exact) mass is 671 g/mol. The summed E-state index contributed by atoms with van der Waals surface area (Å²) in [6.07, 6.45) is 12.4. The van der Waals surface area contributed by atoms with Gasteiger partial charge in [0.2, 0.25) is 17.7 Å². The fraction of sp³-hybridized carbons (Fsp3) is 0.757. The first kappa shape index (κ1) is 37.5. The minimum absolute atomic E-state index is 0.0558. The molecule has 0 spiro atoms. The van der Waals surface area contributed by atoms with Gasteiger partial charge in [-0.15, -0.1) is 11.8 Å². The van der Waals surface area contributed by atoms with Gasteiger partial charge < -0.3 is 10.2 Å². The van der Waals surface area contributed by atoms with E-state index in [1.165, 1.54) is 10.5 Å². The number of nitrogens with zero attached hydrogens (tertiary/aromatic N) is 2. The van der Waals surface area contributed by atoms with E-state index in [9.17, 15) is 29.4 Å². The second-order valence-electron chi connectivity index (χ2n) is 15.3. The first-order valence-electron chi connectivity index (χ1n) is 17.8. The number of hydrogen-bond donors (Lipinski definition) is 3. The van der Waals surface area contributed by atoms with Gasteiger partial charge in [0, 0.05) is 41.4 Å². The van der Waals surface area contributed by atoms with Crippen LogP contribution in [0.25, 0.3) is 0 Å². The second kappa shape index (κ2) is 15.1. The number of amides is 3. The lowest BCUT2D eigenvalue weighted by molar-refractivity contribution is -0.141. The number of unbranched alkanes of at least 4 members (excludes halogenated alkanes) is 2. The van der Waals surface area contributed by atoms with Crippen molar-refractivity contribution in [2.75, 3.05) is 13.2 Å². The van der Waals surface area contributed by atoms with Gasteiger partial charge >= 0.3 is 0 Å². The van der Waals surface area contributed by atoms with Crippen molar-refractivity contribution in [2.45, 2.75) is 129 Å². The van der Waals surface area contributed by atoms with E-state index in [-0.39, 0.29) is 62.6 Å². The van der Waals surface area contributed by atoms with Crippen molar-refractivity contribution in [3.63, 3.8) is 0 Å². The molecule has 0 aromatic rings. The molecule has 5 rings (SSSR count). The third kappa shape index (κ3) is 7.80. The minimum atomic E-state index is -0.537. The molecule has 1 saturated heterocycles. The van der Waals surface area contributed by atoms with Crippen molar-refractivity contribution in [3.05, 3.63) is 23.8 Å². The molecule has 0 bridgehead atoms. The number of allylic oxidation sites excluding steroid dienone is 4. The summed E-state index contributed by atoms with van der Waals surface area (Å²) >= 11 is 1.55. The van der Waals surface area contributed by atoms with E-state index >= 15 is 0 Å². The lowest BCUT2D eigenvalue weighted by Crippen LogP contribution is -2.56. The lowest BCUT2D eigenvalue weighted by Gasteiger charge is -2.58. The van der Waals surface area contributed by atoms with Gasteiger partial charge in [-0.3, -0.25) is 24.1 Å². The molecule has 8 atom stereocenters. The van der Waals surface area contributed by atoms with Gasteiger partial charge in [0.1, 0.15) is 6.61 Å². The molecule has 8 unspecified atom stereocenters. The SMILES string of the molecule is CC.CC(C)(C)SC1CC(=O)N(CCCCCC(=O)NN=C2C=CC3(C)C(=C2)CCC2C3C(O)CC3(C)C(C(=O)CO)CCC23)C1=O. The maximum atomic E-state index is 12.7. The smallest absolute Gasteiger partial charge is 0.242 e. The van der Waals surface area contributed by atoms with Gasteiger partial charge in [-0.2, -0.15) is 5.10 Å². The number of ketones is 1. The van der Waals surface area contributed by atoms with E-state index in [0.717, 1.165) is 32.1 Å². The Hall–Kier alpha value is -2.30.